The summed E-state index contributed by atoms with van der Waals surface area (Å²) >= 11 is 0. The highest BCUT2D eigenvalue weighted by atomic mass is 16.5. The van der Waals surface area contributed by atoms with Gasteiger partial charge in [0.05, 0.1) is 19.6 Å². The van der Waals surface area contributed by atoms with Gasteiger partial charge in [0.1, 0.15) is 0 Å². The molecule has 0 bridgehead atoms. The largest absolute Gasteiger partial charge is 0.466 e. The molecule has 1 atom stereocenters. The lowest BCUT2D eigenvalue weighted by atomic mass is 9.90. The maximum Gasteiger partial charge on any atom is 0.330 e. The molecule has 0 aliphatic carbocycles. The SMILES string of the molecule is COC(=O)/C=C/CNC(=O)CC1c2ccccc2CCN1C(C)=O. The Hall–Kier alpha value is -2.63. The molecular formula is C18H22N2O4. The fourth-order valence-corrected chi connectivity index (χ4v) is 2.89. The molecule has 0 aromatic heterocycles. The molecule has 1 N–H and O–H groups in total. The second kappa shape index (κ2) is 8.29. The van der Waals surface area contributed by atoms with Crippen LogP contribution in [0.1, 0.15) is 30.5 Å². The van der Waals surface area contributed by atoms with E-state index >= 15 is 0 Å². The number of carbonyl (C=O) groups excluding carboxylic acids is 3. The van der Waals surface area contributed by atoms with Crippen LogP contribution >= 0.6 is 0 Å². The van der Waals surface area contributed by atoms with Gasteiger partial charge in [-0.15, -0.1) is 0 Å². The zero-order chi connectivity index (χ0) is 17.5. The number of nitrogens with one attached hydrogen (secondary N) is 1. The van der Waals surface area contributed by atoms with Crippen molar-refractivity contribution in [2.24, 2.45) is 0 Å². The topological polar surface area (TPSA) is 75.7 Å². The summed E-state index contributed by atoms with van der Waals surface area (Å²) in [4.78, 5) is 36.8. The van der Waals surface area contributed by atoms with Crippen molar-refractivity contribution >= 4 is 17.8 Å². The van der Waals surface area contributed by atoms with Gasteiger partial charge in [-0.2, -0.15) is 0 Å². The summed E-state index contributed by atoms with van der Waals surface area (Å²) in [6.45, 7) is 2.38. The predicted octanol–water partition coefficient (Wildman–Crippen LogP) is 1.37. The predicted molar refractivity (Wildman–Crippen MR) is 89.1 cm³/mol. The van der Waals surface area contributed by atoms with Gasteiger partial charge in [-0.05, 0) is 17.5 Å². The van der Waals surface area contributed by atoms with Gasteiger partial charge in [-0.25, -0.2) is 4.79 Å². The highest BCUT2D eigenvalue weighted by Crippen LogP contribution is 2.32. The monoisotopic (exact) mass is 330 g/mol. The molecule has 0 fully saturated rings. The molecule has 128 valence electrons. The van der Waals surface area contributed by atoms with Crippen molar-refractivity contribution in [3.63, 3.8) is 0 Å². The molecule has 24 heavy (non-hydrogen) atoms. The van der Waals surface area contributed by atoms with Crippen molar-refractivity contribution in [2.75, 3.05) is 20.2 Å². The van der Waals surface area contributed by atoms with E-state index in [4.69, 9.17) is 0 Å². The number of esters is 1. The van der Waals surface area contributed by atoms with Gasteiger partial charge in [0.25, 0.3) is 0 Å². The summed E-state index contributed by atoms with van der Waals surface area (Å²) < 4.78 is 4.48. The minimum absolute atomic E-state index is 0.0344. The van der Waals surface area contributed by atoms with Crippen LogP contribution in [-0.2, 0) is 25.5 Å². The molecule has 6 heteroatoms. The first kappa shape index (κ1) is 17.7. The van der Waals surface area contributed by atoms with E-state index in [0.717, 1.165) is 12.0 Å². The Bertz CT molecular complexity index is 654. The Morgan fingerprint density at radius 1 is 1.33 bits per heavy atom. The lowest BCUT2D eigenvalue weighted by molar-refractivity contribution is -0.135. The molecule has 6 nitrogen and oxygen atoms in total. The zero-order valence-corrected chi connectivity index (χ0v) is 14.0. The summed E-state index contributed by atoms with van der Waals surface area (Å²) in [6, 6.07) is 7.65. The van der Waals surface area contributed by atoms with Crippen LogP contribution in [0.25, 0.3) is 0 Å². The number of ether oxygens (including phenoxy) is 1. The maximum absolute atomic E-state index is 12.2. The van der Waals surface area contributed by atoms with E-state index in [0.29, 0.717) is 6.54 Å². The quantitative estimate of drug-likeness (QED) is 0.653. The third-order valence-corrected chi connectivity index (χ3v) is 4.07. The number of benzene rings is 1. The fourth-order valence-electron chi connectivity index (χ4n) is 2.89. The summed E-state index contributed by atoms with van der Waals surface area (Å²) in [5.74, 6) is -0.668. The Morgan fingerprint density at radius 2 is 2.08 bits per heavy atom. The van der Waals surface area contributed by atoms with Gasteiger partial charge in [0.15, 0.2) is 0 Å². The number of hydrogen-bond donors (Lipinski definition) is 1. The molecule has 0 saturated carbocycles. The van der Waals surface area contributed by atoms with Crippen molar-refractivity contribution in [3.8, 4) is 0 Å². The second-order valence-corrected chi connectivity index (χ2v) is 5.61. The molecule has 0 saturated heterocycles. The molecule has 0 spiro atoms. The fraction of sp³-hybridized carbons (Fsp3) is 0.389. The van der Waals surface area contributed by atoms with Crippen LogP contribution in [0.2, 0.25) is 0 Å². The van der Waals surface area contributed by atoms with Crippen molar-refractivity contribution in [1.82, 2.24) is 10.2 Å². The molecule has 1 unspecified atom stereocenters. The van der Waals surface area contributed by atoms with E-state index < -0.39 is 5.97 Å². The normalized spacial score (nSPS) is 16.6. The Kier molecular flexibility index (Phi) is 6.12. The van der Waals surface area contributed by atoms with Crippen molar-refractivity contribution in [3.05, 3.63) is 47.5 Å². The number of nitrogens with zero attached hydrogens (tertiary/aromatic N) is 1. The molecule has 2 amide bonds. The highest BCUT2D eigenvalue weighted by Gasteiger charge is 2.30. The average Bonchev–Trinajstić information content (AvgIpc) is 2.58. The lowest BCUT2D eigenvalue weighted by Gasteiger charge is -2.36. The molecule has 2 rings (SSSR count). The Labute approximate surface area is 141 Å². The first-order valence-corrected chi connectivity index (χ1v) is 7.89. The van der Waals surface area contributed by atoms with Crippen molar-refractivity contribution < 1.29 is 19.1 Å². The van der Waals surface area contributed by atoms with E-state index in [-0.39, 0.29) is 30.8 Å². The van der Waals surface area contributed by atoms with Gasteiger partial charge in [-0.1, -0.05) is 30.3 Å². The number of amides is 2. The van der Waals surface area contributed by atoms with E-state index in [2.05, 4.69) is 10.1 Å². The lowest BCUT2D eigenvalue weighted by Crippen LogP contribution is -2.41. The Balaban J connectivity index is 2.02. The number of fused-ring (bicyclic) bond motifs is 1. The van der Waals surface area contributed by atoms with Gasteiger partial charge < -0.3 is 15.0 Å². The van der Waals surface area contributed by atoms with E-state index in [9.17, 15) is 14.4 Å². The van der Waals surface area contributed by atoms with E-state index in [1.54, 1.807) is 4.90 Å². The third kappa shape index (κ3) is 4.44. The smallest absolute Gasteiger partial charge is 0.330 e. The first-order valence-electron chi connectivity index (χ1n) is 7.89. The molecule has 1 aliphatic heterocycles. The van der Waals surface area contributed by atoms with Crippen LogP contribution in [0.3, 0.4) is 0 Å². The minimum Gasteiger partial charge on any atom is -0.466 e. The van der Waals surface area contributed by atoms with Crippen molar-refractivity contribution in [1.29, 1.82) is 0 Å². The summed E-state index contributed by atoms with van der Waals surface area (Å²) in [5, 5.41) is 2.73. The number of carbonyl (C=O) groups is 3. The minimum atomic E-state index is -0.465. The summed E-state index contributed by atoms with van der Waals surface area (Å²) in [7, 11) is 1.29. The van der Waals surface area contributed by atoms with Crippen LogP contribution < -0.4 is 5.32 Å². The van der Waals surface area contributed by atoms with Gasteiger partial charge in [0.2, 0.25) is 11.8 Å². The summed E-state index contributed by atoms with van der Waals surface area (Å²) in [5.41, 5.74) is 2.21. The third-order valence-electron chi connectivity index (χ3n) is 4.07. The molecule has 1 heterocycles. The van der Waals surface area contributed by atoms with E-state index in [1.807, 2.05) is 24.3 Å². The second-order valence-electron chi connectivity index (χ2n) is 5.61. The number of rotatable bonds is 5. The number of methoxy groups -OCH3 is 1. The van der Waals surface area contributed by atoms with Crippen LogP contribution in [-0.4, -0.2) is 42.9 Å². The van der Waals surface area contributed by atoms with Crippen molar-refractivity contribution in [2.45, 2.75) is 25.8 Å². The van der Waals surface area contributed by atoms with Gasteiger partial charge in [-0.3, -0.25) is 9.59 Å². The zero-order valence-electron chi connectivity index (χ0n) is 14.0. The molecular weight excluding hydrogens is 308 g/mol. The first-order chi connectivity index (χ1) is 11.5. The Morgan fingerprint density at radius 3 is 2.79 bits per heavy atom. The van der Waals surface area contributed by atoms with Crippen LogP contribution in [0.4, 0.5) is 0 Å². The van der Waals surface area contributed by atoms with Gasteiger partial charge >= 0.3 is 5.97 Å². The molecule has 0 radical (unpaired) electrons. The van der Waals surface area contributed by atoms with Crippen LogP contribution in [0.15, 0.2) is 36.4 Å². The van der Waals surface area contributed by atoms with Crippen LogP contribution in [0, 0.1) is 0 Å². The standard InChI is InChI=1S/C18H22N2O4/c1-13(21)20-11-9-14-6-3-4-7-15(14)16(20)12-17(22)19-10-5-8-18(23)24-2/h3-8,16H,9-12H2,1-2H3,(H,19,22)/b8-5+. The maximum atomic E-state index is 12.2. The van der Waals surface area contributed by atoms with E-state index in [1.165, 1.54) is 31.7 Å². The molecule has 1 aromatic rings. The highest BCUT2D eigenvalue weighted by molar-refractivity contribution is 5.82. The molecule has 1 aliphatic rings. The number of hydrogen-bond acceptors (Lipinski definition) is 4. The average molecular weight is 330 g/mol. The van der Waals surface area contributed by atoms with Crippen LogP contribution in [0.5, 0.6) is 0 Å². The molecule has 1 aromatic carbocycles. The summed E-state index contributed by atoms with van der Waals surface area (Å²) in [6.07, 6.45) is 3.79. The van der Waals surface area contributed by atoms with Gasteiger partial charge in [0, 0.05) is 26.1 Å².